The summed E-state index contributed by atoms with van der Waals surface area (Å²) in [6, 6.07) is 10.4. The summed E-state index contributed by atoms with van der Waals surface area (Å²) in [5, 5.41) is 7.93. The van der Waals surface area contributed by atoms with Crippen molar-refractivity contribution in [2.24, 2.45) is 0 Å². The van der Waals surface area contributed by atoms with Crippen LogP contribution >= 0.6 is 0 Å². The Bertz CT molecular complexity index is 540. The highest BCUT2D eigenvalue weighted by Crippen LogP contribution is 2.21. The van der Waals surface area contributed by atoms with E-state index in [2.05, 4.69) is 43.9 Å². The van der Waals surface area contributed by atoms with Crippen LogP contribution in [0.5, 0.6) is 0 Å². The molecule has 0 saturated carbocycles. The van der Waals surface area contributed by atoms with Gasteiger partial charge in [0, 0.05) is 26.2 Å². The molecule has 1 atom stereocenters. The van der Waals surface area contributed by atoms with Gasteiger partial charge < -0.3 is 9.30 Å². The van der Waals surface area contributed by atoms with Crippen LogP contribution in [0.2, 0.25) is 0 Å². The monoisotopic (exact) mass is 272 g/mol. The van der Waals surface area contributed by atoms with Crippen LogP contribution in [0.25, 0.3) is 0 Å². The predicted molar refractivity (Wildman–Crippen MR) is 76.3 cm³/mol. The smallest absolute Gasteiger partial charge is 0.129 e. The second-order valence-electron chi connectivity index (χ2n) is 5.14. The van der Waals surface area contributed by atoms with E-state index in [1.165, 1.54) is 5.56 Å². The number of nitrogens with zero attached hydrogens (tertiary/aromatic N) is 4. The van der Waals surface area contributed by atoms with E-state index < -0.39 is 0 Å². The summed E-state index contributed by atoms with van der Waals surface area (Å²) in [5.41, 5.74) is 1.26. The molecule has 20 heavy (non-hydrogen) atoms. The van der Waals surface area contributed by atoms with Crippen LogP contribution in [0.4, 0.5) is 0 Å². The zero-order valence-corrected chi connectivity index (χ0v) is 11.8. The van der Waals surface area contributed by atoms with Crippen LogP contribution in [-0.4, -0.2) is 45.9 Å². The van der Waals surface area contributed by atoms with Crippen molar-refractivity contribution in [1.82, 2.24) is 19.7 Å². The molecule has 5 heteroatoms. The van der Waals surface area contributed by atoms with Crippen LogP contribution in [0.1, 0.15) is 17.5 Å². The lowest BCUT2D eigenvalue weighted by molar-refractivity contribution is -0.0309. The Labute approximate surface area is 119 Å². The van der Waals surface area contributed by atoms with Gasteiger partial charge in [-0.1, -0.05) is 30.3 Å². The molecule has 1 aliphatic heterocycles. The van der Waals surface area contributed by atoms with Crippen molar-refractivity contribution >= 4 is 0 Å². The summed E-state index contributed by atoms with van der Waals surface area (Å²) in [6.45, 7) is 6.65. The standard InChI is InChI=1S/C15H20N4O/c1-13-17-16-12-19(13)8-7-18-9-10-20-15(11-18)14-5-3-2-4-6-14/h2-6,12,15H,7-11H2,1H3/t15-/m1/s1. The number of aromatic nitrogens is 3. The van der Waals surface area contributed by atoms with Gasteiger partial charge in [0.2, 0.25) is 0 Å². The Kier molecular flexibility index (Phi) is 4.08. The van der Waals surface area contributed by atoms with Crippen molar-refractivity contribution in [3.8, 4) is 0 Å². The van der Waals surface area contributed by atoms with Gasteiger partial charge in [-0.2, -0.15) is 0 Å². The van der Waals surface area contributed by atoms with Gasteiger partial charge in [-0.3, -0.25) is 4.90 Å². The maximum absolute atomic E-state index is 5.88. The molecule has 0 spiro atoms. The van der Waals surface area contributed by atoms with Crippen molar-refractivity contribution in [2.75, 3.05) is 26.2 Å². The molecule has 3 rings (SSSR count). The molecule has 5 nitrogen and oxygen atoms in total. The van der Waals surface area contributed by atoms with Gasteiger partial charge in [0.1, 0.15) is 12.2 Å². The first kappa shape index (κ1) is 13.3. The third-order valence-electron chi connectivity index (χ3n) is 3.79. The molecule has 1 aromatic carbocycles. The summed E-state index contributed by atoms with van der Waals surface area (Å²) >= 11 is 0. The average molecular weight is 272 g/mol. The second kappa shape index (κ2) is 6.15. The van der Waals surface area contributed by atoms with Crippen LogP contribution in [0, 0.1) is 6.92 Å². The number of hydrogen-bond donors (Lipinski definition) is 0. The molecule has 1 aromatic heterocycles. The van der Waals surface area contributed by atoms with E-state index in [1.807, 2.05) is 13.0 Å². The molecular weight excluding hydrogens is 252 g/mol. The van der Waals surface area contributed by atoms with E-state index in [1.54, 1.807) is 6.33 Å². The Morgan fingerprint density at radius 3 is 2.85 bits per heavy atom. The molecule has 0 radical (unpaired) electrons. The number of rotatable bonds is 4. The summed E-state index contributed by atoms with van der Waals surface area (Å²) < 4.78 is 7.97. The van der Waals surface area contributed by atoms with E-state index in [4.69, 9.17) is 4.74 Å². The van der Waals surface area contributed by atoms with Gasteiger partial charge in [0.25, 0.3) is 0 Å². The largest absolute Gasteiger partial charge is 0.371 e. The van der Waals surface area contributed by atoms with Crippen LogP contribution in [0.15, 0.2) is 36.7 Å². The maximum Gasteiger partial charge on any atom is 0.129 e. The van der Waals surface area contributed by atoms with Gasteiger partial charge in [0.15, 0.2) is 0 Å². The zero-order chi connectivity index (χ0) is 13.8. The fraction of sp³-hybridized carbons (Fsp3) is 0.467. The molecule has 0 amide bonds. The quantitative estimate of drug-likeness (QED) is 0.849. The molecule has 0 bridgehead atoms. The number of benzene rings is 1. The Balaban J connectivity index is 1.57. The molecule has 1 aliphatic rings. The fourth-order valence-electron chi connectivity index (χ4n) is 2.56. The van der Waals surface area contributed by atoms with Gasteiger partial charge >= 0.3 is 0 Å². The van der Waals surface area contributed by atoms with E-state index in [0.717, 1.165) is 38.6 Å². The molecule has 0 aliphatic carbocycles. The molecule has 1 fully saturated rings. The van der Waals surface area contributed by atoms with E-state index >= 15 is 0 Å². The first-order valence-corrected chi connectivity index (χ1v) is 7.06. The first-order chi connectivity index (χ1) is 9.83. The first-order valence-electron chi connectivity index (χ1n) is 7.06. The van der Waals surface area contributed by atoms with Crippen molar-refractivity contribution in [2.45, 2.75) is 19.6 Å². The number of ether oxygens (including phenoxy) is 1. The third-order valence-corrected chi connectivity index (χ3v) is 3.79. The third kappa shape index (κ3) is 3.05. The van der Waals surface area contributed by atoms with Gasteiger partial charge in [0.05, 0.1) is 12.7 Å². The number of aryl methyl sites for hydroxylation is 1. The molecule has 1 saturated heterocycles. The predicted octanol–water partition coefficient (Wildman–Crippen LogP) is 1.66. The normalized spacial score (nSPS) is 20.1. The van der Waals surface area contributed by atoms with Crippen molar-refractivity contribution in [1.29, 1.82) is 0 Å². The van der Waals surface area contributed by atoms with Crippen LogP contribution < -0.4 is 0 Å². The molecule has 2 aromatic rings. The summed E-state index contributed by atoms with van der Waals surface area (Å²) in [5.74, 6) is 0.970. The molecule has 106 valence electrons. The minimum atomic E-state index is 0.187. The summed E-state index contributed by atoms with van der Waals surface area (Å²) in [4.78, 5) is 2.45. The fourth-order valence-corrected chi connectivity index (χ4v) is 2.56. The topological polar surface area (TPSA) is 43.2 Å². The van der Waals surface area contributed by atoms with E-state index in [0.29, 0.717) is 0 Å². The SMILES string of the molecule is Cc1nncn1CCN1CCO[C@@H](c2ccccc2)C1. The van der Waals surface area contributed by atoms with Crippen LogP contribution in [-0.2, 0) is 11.3 Å². The highest BCUT2D eigenvalue weighted by atomic mass is 16.5. The zero-order valence-electron chi connectivity index (χ0n) is 11.8. The number of morpholine rings is 1. The Morgan fingerprint density at radius 2 is 2.10 bits per heavy atom. The number of hydrogen-bond acceptors (Lipinski definition) is 4. The van der Waals surface area contributed by atoms with Crippen molar-refractivity contribution in [3.63, 3.8) is 0 Å². The molecule has 0 unspecified atom stereocenters. The second-order valence-corrected chi connectivity index (χ2v) is 5.14. The summed E-state index contributed by atoms with van der Waals surface area (Å²) in [6.07, 6.45) is 1.98. The van der Waals surface area contributed by atoms with Crippen molar-refractivity contribution in [3.05, 3.63) is 48.0 Å². The highest BCUT2D eigenvalue weighted by molar-refractivity contribution is 5.18. The van der Waals surface area contributed by atoms with Gasteiger partial charge in [-0.15, -0.1) is 10.2 Å². The Morgan fingerprint density at radius 1 is 1.25 bits per heavy atom. The van der Waals surface area contributed by atoms with Gasteiger partial charge in [-0.05, 0) is 12.5 Å². The average Bonchev–Trinajstić information content (AvgIpc) is 2.92. The minimum Gasteiger partial charge on any atom is -0.371 e. The van der Waals surface area contributed by atoms with Gasteiger partial charge in [-0.25, -0.2) is 0 Å². The maximum atomic E-state index is 5.88. The van der Waals surface area contributed by atoms with Crippen LogP contribution in [0.3, 0.4) is 0 Å². The summed E-state index contributed by atoms with van der Waals surface area (Å²) in [7, 11) is 0. The lowest BCUT2D eigenvalue weighted by atomic mass is 10.1. The highest BCUT2D eigenvalue weighted by Gasteiger charge is 2.21. The lowest BCUT2D eigenvalue weighted by Crippen LogP contribution is -2.40. The molecule has 2 heterocycles. The minimum absolute atomic E-state index is 0.187. The van der Waals surface area contributed by atoms with Crippen molar-refractivity contribution < 1.29 is 4.74 Å². The lowest BCUT2D eigenvalue weighted by Gasteiger charge is -2.33. The Hall–Kier alpha value is -1.72. The van der Waals surface area contributed by atoms with E-state index in [9.17, 15) is 0 Å². The molecule has 0 N–H and O–H groups in total. The van der Waals surface area contributed by atoms with E-state index in [-0.39, 0.29) is 6.10 Å². The molecular formula is C15H20N4O.